The van der Waals surface area contributed by atoms with E-state index in [2.05, 4.69) is 11.9 Å². The number of aliphatic hydroxyl groups is 1. The summed E-state index contributed by atoms with van der Waals surface area (Å²) in [7, 11) is 2.22. The van der Waals surface area contributed by atoms with Crippen LogP contribution in [0.4, 0.5) is 0 Å². The van der Waals surface area contributed by atoms with Crippen molar-refractivity contribution in [3.8, 4) is 0 Å². The molecule has 2 nitrogen and oxygen atoms in total. The minimum atomic E-state index is -0.00875. The molecule has 3 atom stereocenters. The van der Waals surface area contributed by atoms with E-state index >= 15 is 0 Å². The summed E-state index contributed by atoms with van der Waals surface area (Å²) in [6, 6.07) is 0.672. The van der Waals surface area contributed by atoms with Crippen molar-refractivity contribution < 1.29 is 5.11 Å². The molecule has 13 heavy (non-hydrogen) atoms. The summed E-state index contributed by atoms with van der Waals surface area (Å²) in [6.45, 7) is 1.23. The molecule has 2 heteroatoms. The molecular weight excluding hydrogens is 162 g/mol. The summed E-state index contributed by atoms with van der Waals surface area (Å²) in [5.74, 6) is 0.574. The highest BCUT2D eigenvalue weighted by Crippen LogP contribution is 2.34. The van der Waals surface area contributed by atoms with Crippen LogP contribution in [0.2, 0.25) is 0 Å². The van der Waals surface area contributed by atoms with Gasteiger partial charge in [0.05, 0.1) is 6.10 Å². The molecule has 76 valence electrons. The van der Waals surface area contributed by atoms with E-state index in [0.29, 0.717) is 12.0 Å². The number of piperidine rings is 1. The first-order chi connectivity index (χ1) is 6.29. The van der Waals surface area contributed by atoms with Gasteiger partial charge in [-0.3, -0.25) is 0 Å². The molecule has 1 heterocycles. The summed E-state index contributed by atoms with van der Waals surface area (Å²) in [4.78, 5) is 2.46. The Bertz CT molecular complexity index is 171. The average molecular weight is 183 g/mol. The highest BCUT2D eigenvalue weighted by atomic mass is 16.3. The SMILES string of the molecule is CN1CCCCC1C1CCCC1O. The van der Waals surface area contributed by atoms with Crippen molar-refractivity contribution >= 4 is 0 Å². The molecule has 1 aliphatic carbocycles. The van der Waals surface area contributed by atoms with Crippen molar-refractivity contribution in [1.82, 2.24) is 4.90 Å². The summed E-state index contributed by atoms with van der Waals surface area (Å²) in [5, 5.41) is 9.83. The van der Waals surface area contributed by atoms with Crippen molar-refractivity contribution in [2.24, 2.45) is 5.92 Å². The predicted molar refractivity (Wildman–Crippen MR) is 53.6 cm³/mol. The van der Waals surface area contributed by atoms with Crippen LogP contribution in [0.25, 0.3) is 0 Å². The third kappa shape index (κ3) is 1.89. The van der Waals surface area contributed by atoms with E-state index in [9.17, 15) is 5.11 Å². The van der Waals surface area contributed by atoms with E-state index in [1.807, 2.05) is 0 Å². The fraction of sp³-hybridized carbons (Fsp3) is 1.00. The number of hydrogen-bond acceptors (Lipinski definition) is 2. The topological polar surface area (TPSA) is 23.5 Å². The second-order valence-electron chi connectivity index (χ2n) is 4.71. The lowest BCUT2D eigenvalue weighted by atomic mass is 9.88. The normalized spacial score (nSPS) is 42.5. The largest absolute Gasteiger partial charge is 0.393 e. The molecule has 0 spiro atoms. The molecule has 1 saturated heterocycles. The highest BCUT2D eigenvalue weighted by molar-refractivity contribution is 4.88. The maximum Gasteiger partial charge on any atom is 0.0583 e. The lowest BCUT2D eigenvalue weighted by molar-refractivity contribution is 0.0492. The summed E-state index contributed by atoms with van der Waals surface area (Å²) >= 11 is 0. The van der Waals surface area contributed by atoms with Crippen molar-refractivity contribution in [3.63, 3.8) is 0 Å². The van der Waals surface area contributed by atoms with Crippen molar-refractivity contribution in [2.75, 3.05) is 13.6 Å². The van der Waals surface area contributed by atoms with Crippen LogP contribution in [0.3, 0.4) is 0 Å². The Labute approximate surface area is 80.9 Å². The molecule has 0 radical (unpaired) electrons. The summed E-state index contributed by atoms with van der Waals surface area (Å²) in [6.07, 6.45) is 7.51. The number of nitrogens with zero attached hydrogens (tertiary/aromatic N) is 1. The van der Waals surface area contributed by atoms with Crippen molar-refractivity contribution in [1.29, 1.82) is 0 Å². The van der Waals surface area contributed by atoms with E-state index in [-0.39, 0.29) is 6.10 Å². The molecule has 0 aromatic carbocycles. The van der Waals surface area contributed by atoms with Gasteiger partial charge >= 0.3 is 0 Å². The number of rotatable bonds is 1. The summed E-state index contributed by atoms with van der Waals surface area (Å²) < 4.78 is 0. The molecule has 2 fully saturated rings. The van der Waals surface area contributed by atoms with Crippen LogP contribution in [-0.2, 0) is 0 Å². The smallest absolute Gasteiger partial charge is 0.0583 e. The molecule has 0 amide bonds. The van der Waals surface area contributed by atoms with E-state index in [4.69, 9.17) is 0 Å². The van der Waals surface area contributed by atoms with Gasteiger partial charge in [0, 0.05) is 12.0 Å². The molecule has 0 aromatic rings. The first kappa shape index (κ1) is 9.47. The van der Waals surface area contributed by atoms with Crippen LogP contribution in [0.15, 0.2) is 0 Å². The zero-order valence-electron chi connectivity index (χ0n) is 8.58. The third-order valence-corrected chi connectivity index (χ3v) is 3.85. The van der Waals surface area contributed by atoms with Gasteiger partial charge in [-0.2, -0.15) is 0 Å². The molecule has 3 unspecified atom stereocenters. The number of aliphatic hydroxyl groups excluding tert-OH is 1. The van der Waals surface area contributed by atoms with Gasteiger partial charge in [-0.1, -0.05) is 12.8 Å². The third-order valence-electron chi connectivity index (χ3n) is 3.85. The van der Waals surface area contributed by atoms with E-state index in [0.717, 1.165) is 6.42 Å². The minimum absolute atomic E-state index is 0.00875. The highest BCUT2D eigenvalue weighted by Gasteiger charge is 2.35. The van der Waals surface area contributed by atoms with Gasteiger partial charge in [0.25, 0.3) is 0 Å². The quantitative estimate of drug-likeness (QED) is 0.668. The fourth-order valence-corrected chi connectivity index (χ4v) is 3.06. The molecule has 1 aliphatic heterocycles. The van der Waals surface area contributed by atoms with Crippen molar-refractivity contribution in [2.45, 2.75) is 50.7 Å². The Morgan fingerprint density at radius 1 is 1.08 bits per heavy atom. The second-order valence-corrected chi connectivity index (χ2v) is 4.71. The molecular formula is C11H21NO. The van der Waals surface area contributed by atoms with E-state index in [1.54, 1.807) is 0 Å². The van der Waals surface area contributed by atoms with Gasteiger partial charge in [-0.25, -0.2) is 0 Å². The maximum absolute atomic E-state index is 9.83. The predicted octanol–water partition coefficient (Wildman–Crippen LogP) is 1.63. The van der Waals surface area contributed by atoms with Crippen LogP contribution in [0.1, 0.15) is 38.5 Å². The number of likely N-dealkylation sites (tertiary alicyclic amines) is 1. The maximum atomic E-state index is 9.83. The average Bonchev–Trinajstić information content (AvgIpc) is 2.52. The second kappa shape index (κ2) is 3.97. The first-order valence-corrected chi connectivity index (χ1v) is 5.67. The zero-order valence-corrected chi connectivity index (χ0v) is 8.58. The Kier molecular flexibility index (Phi) is 2.89. The molecule has 2 rings (SSSR count). The van der Waals surface area contributed by atoms with Crippen LogP contribution < -0.4 is 0 Å². The minimum Gasteiger partial charge on any atom is -0.393 e. The molecule has 1 N–H and O–H groups in total. The van der Waals surface area contributed by atoms with Gasteiger partial charge in [0.15, 0.2) is 0 Å². The van der Waals surface area contributed by atoms with E-state index in [1.165, 1.54) is 38.6 Å². The van der Waals surface area contributed by atoms with Gasteiger partial charge in [-0.15, -0.1) is 0 Å². The van der Waals surface area contributed by atoms with Crippen LogP contribution in [0, 0.1) is 5.92 Å². The van der Waals surface area contributed by atoms with Crippen LogP contribution in [0.5, 0.6) is 0 Å². The lowest BCUT2D eigenvalue weighted by Gasteiger charge is -2.37. The van der Waals surface area contributed by atoms with Gasteiger partial charge in [-0.05, 0) is 39.3 Å². The van der Waals surface area contributed by atoms with Crippen LogP contribution in [-0.4, -0.2) is 35.7 Å². The molecule has 0 aromatic heterocycles. The fourth-order valence-electron chi connectivity index (χ4n) is 3.06. The van der Waals surface area contributed by atoms with Gasteiger partial charge in [0.2, 0.25) is 0 Å². The van der Waals surface area contributed by atoms with Gasteiger partial charge < -0.3 is 10.0 Å². The lowest BCUT2D eigenvalue weighted by Crippen LogP contribution is -2.43. The monoisotopic (exact) mass is 183 g/mol. The molecule has 0 bridgehead atoms. The Hall–Kier alpha value is -0.0800. The molecule has 2 aliphatic rings. The summed E-state index contributed by atoms with van der Waals surface area (Å²) in [5.41, 5.74) is 0. The molecule has 1 saturated carbocycles. The first-order valence-electron chi connectivity index (χ1n) is 5.67. The number of hydrogen-bond donors (Lipinski definition) is 1. The van der Waals surface area contributed by atoms with Crippen molar-refractivity contribution in [3.05, 3.63) is 0 Å². The van der Waals surface area contributed by atoms with Crippen LogP contribution >= 0.6 is 0 Å². The Morgan fingerprint density at radius 3 is 2.54 bits per heavy atom. The standard InChI is InChI=1S/C11H21NO/c1-12-8-3-2-6-10(12)9-5-4-7-11(9)13/h9-11,13H,2-8H2,1H3. The Balaban J connectivity index is 1.97. The van der Waals surface area contributed by atoms with E-state index < -0.39 is 0 Å². The van der Waals surface area contributed by atoms with Gasteiger partial charge in [0.1, 0.15) is 0 Å². The zero-order chi connectivity index (χ0) is 9.26. The Morgan fingerprint density at radius 2 is 1.92 bits per heavy atom.